The molecule has 9 heteroatoms. The molecule has 0 saturated carbocycles. The molecule has 0 spiro atoms. The highest BCUT2D eigenvalue weighted by atomic mass is 32.2. The SMILES string of the molecule is CN(CC1CCCO1)C(=O)C1CCN(S(=O)(=O)c2ccc3c(c2)OCCCO3)CC1. The molecular formula is C21H30N2O6S. The molecule has 0 radical (unpaired) electrons. The number of carbonyl (C=O) groups is 1. The van der Waals surface area contributed by atoms with E-state index in [0.717, 1.165) is 25.9 Å². The van der Waals surface area contributed by atoms with E-state index >= 15 is 0 Å². The quantitative estimate of drug-likeness (QED) is 0.698. The zero-order chi connectivity index (χ0) is 21.1. The van der Waals surface area contributed by atoms with E-state index in [9.17, 15) is 13.2 Å². The summed E-state index contributed by atoms with van der Waals surface area (Å²) in [6.07, 6.45) is 3.97. The Bertz CT molecular complexity index is 860. The fraction of sp³-hybridized carbons (Fsp3) is 0.667. The van der Waals surface area contributed by atoms with Crippen molar-refractivity contribution in [2.75, 3.05) is 46.5 Å². The number of hydrogen-bond donors (Lipinski definition) is 0. The first kappa shape index (κ1) is 21.4. The van der Waals surface area contributed by atoms with Crippen LogP contribution in [0, 0.1) is 5.92 Å². The van der Waals surface area contributed by atoms with Gasteiger partial charge >= 0.3 is 0 Å². The second-order valence-corrected chi connectivity index (χ2v) is 10.1. The van der Waals surface area contributed by atoms with Gasteiger partial charge in [-0.25, -0.2) is 8.42 Å². The summed E-state index contributed by atoms with van der Waals surface area (Å²) in [6, 6.07) is 4.77. The normalized spacial score (nSPS) is 23.2. The van der Waals surface area contributed by atoms with Crippen LogP contribution in [0.3, 0.4) is 0 Å². The second kappa shape index (κ2) is 9.11. The molecule has 1 aromatic carbocycles. The molecule has 1 unspecified atom stereocenters. The van der Waals surface area contributed by atoms with Gasteiger partial charge in [-0.3, -0.25) is 4.79 Å². The van der Waals surface area contributed by atoms with Gasteiger partial charge in [-0.05, 0) is 37.8 Å². The number of amides is 1. The topological polar surface area (TPSA) is 85.4 Å². The van der Waals surface area contributed by atoms with Crippen molar-refractivity contribution in [1.29, 1.82) is 0 Å². The van der Waals surface area contributed by atoms with Crippen molar-refractivity contribution in [2.24, 2.45) is 5.92 Å². The number of nitrogens with zero attached hydrogens (tertiary/aromatic N) is 2. The van der Waals surface area contributed by atoms with Crippen molar-refractivity contribution in [2.45, 2.75) is 43.1 Å². The monoisotopic (exact) mass is 438 g/mol. The molecule has 4 rings (SSSR count). The number of likely N-dealkylation sites (N-methyl/N-ethyl adjacent to an activating group) is 1. The van der Waals surface area contributed by atoms with Gasteiger partial charge in [0, 0.05) is 51.7 Å². The summed E-state index contributed by atoms with van der Waals surface area (Å²) < 4.78 is 44.5. The van der Waals surface area contributed by atoms with E-state index in [-0.39, 0.29) is 22.8 Å². The third-order valence-corrected chi connectivity index (χ3v) is 7.93. The van der Waals surface area contributed by atoms with Crippen LogP contribution in [0.15, 0.2) is 23.1 Å². The first-order valence-electron chi connectivity index (χ1n) is 10.7. The summed E-state index contributed by atoms with van der Waals surface area (Å²) >= 11 is 0. The lowest BCUT2D eigenvalue weighted by Gasteiger charge is -2.33. The Morgan fingerprint density at radius 1 is 1.07 bits per heavy atom. The maximum Gasteiger partial charge on any atom is 0.243 e. The number of rotatable bonds is 5. The van der Waals surface area contributed by atoms with Crippen LogP contribution in [0.4, 0.5) is 0 Å². The fourth-order valence-electron chi connectivity index (χ4n) is 4.29. The van der Waals surface area contributed by atoms with E-state index in [1.54, 1.807) is 23.1 Å². The van der Waals surface area contributed by atoms with E-state index in [4.69, 9.17) is 14.2 Å². The number of sulfonamides is 1. The number of fused-ring (bicyclic) bond motifs is 1. The molecule has 1 aromatic rings. The Hall–Kier alpha value is -1.84. The predicted molar refractivity (Wildman–Crippen MR) is 110 cm³/mol. The second-order valence-electron chi connectivity index (χ2n) is 8.19. The van der Waals surface area contributed by atoms with E-state index in [0.29, 0.717) is 57.2 Å². The van der Waals surface area contributed by atoms with Crippen LogP contribution in [0.1, 0.15) is 32.1 Å². The Balaban J connectivity index is 1.37. The Labute approximate surface area is 178 Å². The summed E-state index contributed by atoms with van der Waals surface area (Å²) in [5.41, 5.74) is 0. The molecule has 0 bridgehead atoms. The van der Waals surface area contributed by atoms with Crippen molar-refractivity contribution in [3.63, 3.8) is 0 Å². The van der Waals surface area contributed by atoms with Gasteiger partial charge in [0.2, 0.25) is 15.9 Å². The molecule has 3 aliphatic rings. The molecular weight excluding hydrogens is 408 g/mol. The molecule has 8 nitrogen and oxygen atoms in total. The molecule has 1 atom stereocenters. The lowest BCUT2D eigenvalue weighted by Crippen LogP contribution is -2.44. The molecule has 2 fully saturated rings. The molecule has 2 saturated heterocycles. The van der Waals surface area contributed by atoms with Gasteiger partial charge in [0.25, 0.3) is 0 Å². The predicted octanol–water partition coefficient (Wildman–Crippen LogP) is 1.89. The summed E-state index contributed by atoms with van der Waals surface area (Å²) in [5, 5.41) is 0. The lowest BCUT2D eigenvalue weighted by molar-refractivity contribution is -0.136. The van der Waals surface area contributed by atoms with Crippen LogP contribution < -0.4 is 9.47 Å². The molecule has 166 valence electrons. The average Bonchev–Trinajstić information content (AvgIpc) is 3.15. The molecule has 3 heterocycles. The Morgan fingerprint density at radius 2 is 1.80 bits per heavy atom. The minimum Gasteiger partial charge on any atom is -0.490 e. The third-order valence-electron chi connectivity index (χ3n) is 6.04. The molecule has 30 heavy (non-hydrogen) atoms. The van der Waals surface area contributed by atoms with E-state index < -0.39 is 10.0 Å². The van der Waals surface area contributed by atoms with Crippen molar-refractivity contribution >= 4 is 15.9 Å². The van der Waals surface area contributed by atoms with Gasteiger partial charge in [-0.2, -0.15) is 4.31 Å². The smallest absolute Gasteiger partial charge is 0.243 e. The van der Waals surface area contributed by atoms with Crippen LogP contribution in [0.25, 0.3) is 0 Å². The lowest BCUT2D eigenvalue weighted by atomic mass is 9.96. The van der Waals surface area contributed by atoms with Crippen molar-refractivity contribution < 1.29 is 27.4 Å². The van der Waals surface area contributed by atoms with Crippen molar-refractivity contribution in [1.82, 2.24) is 9.21 Å². The summed E-state index contributed by atoms with van der Waals surface area (Å²) in [6.45, 7) is 3.10. The fourth-order valence-corrected chi connectivity index (χ4v) is 5.78. The Morgan fingerprint density at radius 3 is 2.50 bits per heavy atom. The van der Waals surface area contributed by atoms with Gasteiger partial charge in [-0.15, -0.1) is 0 Å². The summed E-state index contributed by atoms with van der Waals surface area (Å²) in [5.74, 6) is 0.976. The van der Waals surface area contributed by atoms with Crippen molar-refractivity contribution in [3.8, 4) is 11.5 Å². The van der Waals surface area contributed by atoms with Gasteiger partial charge < -0.3 is 19.1 Å². The number of hydrogen-bond acceptors (Lipinski definition) is 6. The van der Waals surface area contributed by atoms with Crippen LogP contribution in [0.2, 0.25) is 0 Å². The minimum absolute atomic E-state index is 0.0816. The first-order valence-corrected chi connectivity index (χ1v) is 12.2. The zero-order valence-electron chi connectivity index (χ0n) is 17.4. The number of benzene rings is 1. The molecule has 0 aromatic heterocycles. The van der Waals surface area contributed by atoms with Gasteiger partial charge in [-0.1, -0.05) is 0 Å². The van der Waals surface area contributed by atoms with E-state index in [2.05, 4.69) is 0 Å². The van der Waals surface area contributed by atoms with Gasteiger partial charge in [0.05, 0.1) is 24.2 Å². The average molecular weight is 439 g/mol. The maximum atomic E-state index is 13.1. The van der Waals surface area contributed by atoms with Gasteiger partial charge in [0.1, 0.15) is 0 Å². The highest BCUT2D eigenvalue weighted by molar-refractivity contribution is 7.89. The third kappa shape index (κ3) is 4.58. The van der Waals surface area contributed by atoms with Crippen LogP contribution in [-0.2, 0) is 19.6 Å². The first-order chi connectivity index (χ1) is 14.4. The number of ether oxygens (including phenoxy) is 3. The van der Waals surface area contributed by atoms with Gasteiger partial charge in [0.15, 0.2) is 11.5 Å². The van der Waals surface area contributed by atoms with E-state index in [1.807, 2.05) is 7.05 Å². The van der Waals surface area contributed by atoms with E-state index in [1.165, 1.54) is 4.31 Å². The standard InChI is InChI=1S/C21H30N2O6S/c1-22(15-17-4-2-11-27-17)21(24)16-7-9-23(10-8-16)30(25,26)18-5-6-19-20(14-18)29-13-3-12-28-19/h5-6,14,16-17H,2-4,7-13,15H2,1H3. The highest BCUT2D eigenvalue weighted by Crippen LogP contribution is 2.34. The maximum absolute atomic E-state index is 13.1. The molecule has 3 aliphatic heterocycles. The van der Waals surface area contributed by atoms with Crippen molar-refractivity contribution in [3.05, 3.63) is 18.2 Å². The largest absolute Gasteiger partial charge is 0.490 e. The summed E-state index contributed by atoms with van der Waals surface area (Å²) in [7, 11) is -1.83. The van der Waals surface area contributed by atoms with Crippen LogP contribution in [0.5, 0.6) is 11.5 Å². The number of piperidine rings is 1. The van der Waals surface area contributed by atoms with Crippen LogP contribution in [-0.4, -0.2) is 76.1 Å². The summed E-state index contributed by atoms with van der Waals surface area (Å²) in [4.78, 5) is 14.7. The molecule has 0 aliphatic carbocycles. The Kier molecular flexibility index (Phi) is 6.50. The number of carbonyl (C=O) groups excluding carboxylic acids is 1. The van der Waals surface area contributed by atoms with Crippen LogP contribution >= 0.6 is 0 Å². The minimum atomic E-state index is -3.64. The zero-order valence-corrected chi connectivity index (χ0v) is 18.2. The molecule has 1 amide bonds. The highest BCUT2D eigenvalue weighted by Gasteiger charge is 2.34. The molecule has 0 N–H and O–H groups in total.